The summed E-state index contributed by atoms with van der Waals surface area (Å²) in [5.74, 6) is 1.60. The van der Waals surface area contributed by atoms with Crippen LogP contribution in [0.3, 0.4) is 0 Å². The number of hydrogen-bond donors (Lipinski definition) is 1. The molecule has 0 radical (unpaired) electrons. The van der Waals surface area contributed by atoms with E-state index in [4.69, 9.17) is 4.52 Å². The van der Waals surface area contributed by atoms with E-state index in [0.717, 1.165) is 29.8 Å². The van der Waals surface area contributed by atoms with E-state index >= 15 is 0 Å². The van der Waals surface area contributed by atoms with Crippen LogP contribution in [0.4, 0.5) is 5.69 Å². The number of para-hydroxylation sites is 1. The summed E-state index contributed by atoms with van der Waals surface area (Å²) in [5, 5.41) is 4.01. The van der Waals surface area contributed by atoms with Crippen LogP contribution in [0.25, 0.3) is 0 Å². The summed E-state index contributed by atoms with van der Waals surface area (Å²) in [6.45, 7) is 0. The largest absolute Gasteiger partial charge is 0.339 e. The van der Waals surface area contributed by atoms with Crippen molar-refractivity contribution in [1.29, 1.82) is 0 Å². The highest BCUT2D eigenvalue weighted by atomic mass is 32.2. The molecule has 0 aliphatic heterocycles. The Morgan fingerprint density at radius 2 is 1.77 bits per heavy atom. The standard InChI is InChI=1S/C19H19N3O3S/c23-26(24,13-14-6-2-1-3-7-14)22-17-9-5-4-8-16(17)12-18-20-19(21-25-18)15-10-11-15/h1-9,15,22H,10-13H2. The highest BCUT2D eigenvalue weighted by molar-refractivity contribution is 7.91. The van der Waals surface area contributed by atoms with Crippen molar-refractivity contribution in [3.8, 4) is 0 Å². The Labute approximate surface area is 152 Å². The van der Waals surface area contributed by atoms with E-state index in [1.165, 1.54) is 0 Å². The lowest BCUT2D eigenvalue weighted by atomic mass is 10.1. The third kappa shape index (κ3) is 4.11. The van der Waals surface area contributed by atoms with Gasteiger partial charge in [-0.3, -0.25) is 4.72 Å². The average Bonchev–Trinajstić information content (AvgIpc) is 3.36. The van der Waals surface area contributed by atoms with Crippen LogP contribution in [0, 0.1) is 0 Å². The zero-order chi connectivity index (χ0) is 18.0. The zero-order valence-electron chi connectivity index (χ0n) is 14.1. The number of anilines is 1. The first kappa shape index (κ1) is 16.8. The number of nitrogens with zero attached hydrogens (tertiary/aromatic N) is 2. The quantitative estimate of drug-likeness (QED) is 0.689. The molecular weight excluding hydrogens is 350 g/mol. The monoisotopic (exact) mass is 369 g/mol. The minimum atomic E-state index is -3.52. The molecule has 3 aromatic rings. The highest BCUT2D eigenvalue weighted by Crippen LogP contribution is 2.38. The first-order chi connectivity index (χ1) is 12.6. The van der Waals surface area contributed by atoms with Gasteiger partial charge in [0.15, 0.2) is 5.82 Å². The van der Waals surface area contributed by atoms with Gasteiger partial charge in [0.05, 0.1) is 17.9 Å². The van der Waals surface area contributed by atoms with Crippen molar-refractivity contribution in [3.05, 3.63) is 77.4 Å². The van der Waals surface area contributed by atoms with Gasteiger partial charge in [0.25, 0.3) is 0 Å². The maximum atomic E-state index is 12.5. The summed E-state index contributed by atoms with van der Waals surface area (Å²) >= 11 is 0. The molecule has 1 heterocycles. The molecule has 1 aliphatic carbocycles. The summed E-state index contributed by atoms with van der Waals surface area (Å²) in [7, 11) is -3.52. The van der Waals surface area contributed by atoms with E-state index in [0.29, 0.717) is 23.9 Å². The third-order valence-electron chi connectivity index (χ3n) is 4.25. The van der Waals surface area contributed by atoms with E-state index in [1.807, 2.05) is 30.3 Å². The van der Waals surface area contributed by atoms with Crippen LogP contribution < -0.4 is 4.72 Å². The normalized spacial score (nSPS) is 14.3. The highest BCUT2D eigenvalue weighted by Gasteiger charge is 2.28. The summed E-state index contributed by atoms with van der Waals surface area (Å²) in [4.78, 5) is 4.42. The number of sulfonamides is 1. The van der Waals surface area contributed by atoms with Gasteiger partial charge >= 0.3 is 0 Å². The van der Waals surface area contributed by atoms with Crippen LogP contribution in [0.5, 0.6) is 0 Å². The lowest BCUT2D eigenvalue weighted by Crippen LogP contribution is -2.16. The van der Waals surface area contributed by atoms with Gasteiger partial charge in [-0.1, -0.05) is 53.7 Å². The van der Waals surface area contributed by atoms with Crippen LogP contribution in [0.1, 0.15) is 41.6 Å². The molecule has 26 heavy (non-hydrogen) atoms. The minimum absolute atomic E-state index is 0.0748. The summed E-state index contributed by atoms with van der Waals surface area (Å²) < 4.78 is 33.0. The van der Waals surface area contributed by atoms with E-state index < -0.39 is 10.0 Å². The second-order valence-electron chi connectivity index (χ2n) is 6.50. The molecule has 1 fully saturated rings. The van der Waals surface area contributed by atoms with Crippen LogP contribution >= 0.6 is 0 Å². The molecule has 2 aromatic carbocycles. The van der Waals surface area contributed by atoms with Gasteiger partial charge in [-0.15, -0.1) is 0 Å². The van der Waals surface area contributed by atoms with Gasteiger partial charge < -0.3 is 4.52 Å². The van der Waals surface area contributed by atoms with Gasteiger partial charge in [-0.25, -0.2) is 8.42 Å². The second-order valence-corrected chi connectivity index (χ2v) is 8.22. The molecule has 7 heteroatoms. The predicted molar refractivity (Wildman–Crippen MR) is 98.2 cm³/mol. The molecule has 0 atom stereocenters. The molecule has 1 aliphatic rings. The fourth-order valence-corrected chi connectivity index (χ4v) is 4.02. The summed E-state index contributed by atoms with van der Waals surface area (Å²) in [6.07, 6.45) is 2.60. The van der Waals surface area contributed by atoms with Gasteiger partial charge in [0.2, 0.25) is 15.9 Å². The Hall–Kier alpha value is -2.67. The van der Waals surface area contributed by atoms with Crippen molar-refractivity contribution in [2.45, 2.75) is 30.9 Å². The van der Waals surface area contributed by atoms with E-state index in [-0.39, 0.29) is 5.75 Å². The summed E-state index contributed by atoms with van der Waals surface area (Å²) in [6, 6.07) is 16.4. The number of nitrogens with one attached hydrogen (secondary N) is 1. The van der Waals surface area contributed by atoms with Gasteiger partial charge in [0, 0.05) is 5.92 Å². The molecule has 0 unspecified atom stereocenters. The molecule has 1 aromatic heterocycles. The maximum Gasteiger partial charge on any atom is 0.236 e. The number of aromatic nitrogens is 2. The molecule has 1 N–H and O–H groups in total. The molecular formula is C19H19N3O3S. The minimum Gasteiger partial charge on any atom is -0.339 e. The summed E-state index contributed by atoms with van der Waals surface area (Å²) in [5.41, 5.74) is 2.08. The van der Waals surface area contributed by atoms with Crippen molar-refractivity contribution in [2.24, 2.45) is 0 Å². The molecule has 6 nitrogen and oxygen atoms in total. The lowest BCUT2D eigenvalue weighted by molar-refractivity contribution is 0.379. The predicted octanol–water partition coefficient (Wildman–Crippen LogP) is 3.48. The average molecular weight is 369 g/mol. The third-order valence-corrected chi connectivity index (χ3v) is 5.49. The van der Waals surface area contributed by atoms with Crippen molar-refractivity contribution < 1.29 is 12.9 Å². The van der Waals surface area contributed by atoms with Gasteiger partial charge in [-0.05, 0) is 30.0 Å². The first-order valence-corrected chi connectivity index (χ1v) is 10.2. The molecule has 0 spiro atoms. The van der Waals surface area contributed by atoms with Crippen LogP contribution in [0.2, 0.25) is 0 Å². The molecule has 0 amide bonds. The van der Waals surface area contributed by atoms with Crippen LogP contribution in [-0.2, 0) is 22.2 Å². The second kappa shape index (κ2) is 6.92. The van der Waals surface area contributed by atoms with Gasteiger partial charge in [-0.2, -0.15) is 4.98 Å². The van der Waals surface area contributed by atoms with Crippen molar-refractivity contribution in [3.63, 3.8) is 0 Å². The number of rotatable bonds is 7. The molecule has 4 rings (SSSR count). The van der Waals surface area contributed by atoms with Crippen molar-refractivity contribution in [2.75, 3.05) is 4.72 Å². The smallest absolute Gasteiger partial charge is 0.236 e. The first-order valence-electron chi connectivity index (χ1n) is 8.54. The van der Waals surface area contributed by atoms with E-state index in [9.17, 15) is 8.42 Å². The Morgan fingerprint density at radius 3 is 2.54 bits per heavy atom. The number of benzene rings is 2. The fourth-order valence-electron chi connectivity index (χ4n) is 2.78. The fraction of sp³-hybridized carbons (Fsp3) is 0.263. The maximum absolute atomic E-state index is 12.5. The topological polar surface area (TPSA) is 85.1 Å². The molecule has 1 saturated carbocycles. The lowest BCUT2D eigenvalue weighted by Gasteiger charge is -2.11. The Balaban J connectivity index is 1.51. The van der Waals surface area contributed by atoms with Crippen LogP contribution in [-0.4, -0.2) is 18.6 Å². The Morgan fingerprint density at radius 1 is 1.04 bits per heavy atom. The molecule has 0 bridgehead atoms. The van der Waals surface area contributed by atoms with E-state index in [2.05, 4.69) is 14.9 Å². The van der Waals surface area contributed by atoms with Gasteiger partial charge in [0.1, 0.15) is 0 Å². The van der Waals surface area contributed by atoms with Crippen LogP contribution in [0.15, 0.2) is 59.1 Å². The molecule has 0 saturated heterocycles. The zero-order valence-corrected chi connectivity index (χ0v) is 14.9. The van der Waals surface area contributed by atoms with E-state index in [1.54, 1.807) is 24.3 Å². The van der Waals surface area contributed by atoms with Crippen molar-refractivity contribution in [1.82, 2.24) is 10.1 Å². The Kier molecular flexibility index (Phi) is 4.46. The molecule has 134 valence electrons. The van der Waals surface area contributed by atoms with Crippen molar-refractivity contribution >= 4 is 15.7 Å². The SMILES string of the molecule is O=S(=O)(Cc1ccccc1)Nc1ccccc1Cc1nc(C2CC2)no1. The Bertz CT molecular complexity index is 996. The number of hydrogen-bond acceptors (Lipinski definition) is 5.